The smallest absolute Gasteiger partial charge is 0.259 e. The van der Waals surface area contributed by atoms with E-state index in [0.717, 1.165) is 4.88 Å². The van der Waals surface area contributed by atoms with Crippen LogP contribution in [-0.4, -0.2) is 81.2 Å². The lowest BCUT2D eigenvalue weighted by molar-refractivity contribution is -0.152. The molecule has 0 spiro atoms. The average Bonchev–Trinajstić information content (AvgIpc) is 3.85. The monoisotopic (exact) mass is 639 g/mol. The first-order valence-corrected chi connectivity index (χ1v) is 16.8. The third-order valence-electron chi connectivity index (χ3n) is 8.17. The molecule has 3 heterocycles. The van der Waals surface area contributed by atoms with Gasteiger partial charge >= 0.3 is 0 Å². The lowest BCUT2D eigenvalue weighted by atomic mass is 10.1. The molecule has 3 aromatic rings. The molecule has 0 unspecified atom stereocenters. The van der Waals surface area contributed by atoms with E-state index in [-0.39, 0.29) is 25.3 Å². The van der Waals surface area contributed by atoms with Gasteiger partial charge in [-0.25, -0.2) is 18.4 Å². The number of amides is 3. The van der Waals surface area contributed by atoms with Crippen molar-refractivity contribution in [2.75, 3.05) is 6.54 Å². The average molecular weight is 640 g/mol. The number of benzene rings is 1. The fraction of sp³-hybridized carbons (Fsp3) is 0.433. The van der Waals surface area contributed by atoms with Gasteiger partial charge in [0.15, 0.2) is 0 Å². The number of hydrogen-bond acceptors (Lipinski definition) is 10. The van der Waals surface area contributed by atoms with Gasteiger partial charge in [-0.15, -0.1) is 17.9 Å². The van der Waals surface area contributed by atoms with Crippen LogP contribution in [0.4, 0.5) is 0 Å². The minimum absolute atomic E-state index is 0.0306. The molecular formula is C30H33N5O7S2. The van der Waals surface area contributed by atoms with Crippen LogP contribution in [0.2, 0.25) is 0 Å². The summed E-state index contributed by atoms with van der Waals surface area (Å²) in [6.07, 6.45) is 1.93. The van der Waals surface area contributed by atoms with E-state index >= 15 is 0 Å². The normalized spacial score (nSPS) is 25.0. The Morgan fingerprint density at radius 3 is 2.45 bits per heavy atom. The van der Waals surface area contributed by atoms with Crippen LogP contribution in [0.5, 0.6) is 5.88 Å². The molecule has 1 aliphatic heterocycles. The van der Waals surface area contributed by atoms with Crippen molar-refractivity contribution in [2.45, 2.75) is 68.1 Å². The highest BCUT2D eigenvalue weighted by Gasteiger charge is 2.62. The first-order chi connectivity index (χ1) is 20.8. The summed E-state index contributed by atoms with van der Waals surface area (Å²) in [4.78, 5) is 51.9. The van der Waals surface area contributed by atoms with E-state index in [2.05, 4.69) is 16.6 Å². The first-order valence-electron chi connectivity index (χ1n) is 14.3. The lowest BCUT2D eigenvalue weighted by Crippen LogP contribution is -2.58. The molecule has 12 nitrogen and oxygen atoms in total. The molecule has 14 heteroatoms. The van der Waals surface area contributed by atoms with Crippen LogP contribution in [-0.2, 0) is 24.4 Å². The number of aliphatic hydroxyl groups is 1. The number of thiophene rings is 1. The Labute approximate surface area is 258 Å². The molecule has 2 aliphatic carbocycles. The molecule has 0 bridgehead atoms. The number of ether oxygens (including phenoxy) is 1. The first kappa shape index (κ1) is 30.2. The number of carbonyl (C=O) groups is 3. The van der Waals surface area contributed by atoms with Crippen LogP contribution in [0.15, 0.2) is 54.4 Å². The van der Waals surface area contributed by atoms with Gasteiger partial charge in [-0.3, -0.25) is 19.1 Å². The van der Waals surface area contributed by atoms with Crippen LogP contribution < -0.4 is 14.8 Å². The summed E-state index contributed by atoms with van der Waals surface area (Å²) < 4.78 is 33.5. The van der Waals surface area contributed by atoms with Gasteiger partial charge in [0.2, 0.25) is 21.8 Å². The summed E-state index contributed by atoms with van der Waals surface area (Å²) in [5, 5.41) is 14.6. The molecule has 44 heavy (non-hydrogen) atoms. The number of likely N-dealkylation sites (tertiary alicyclic amines) is 1. The fourth-order valence-corrected chi connectivity index (χ4v) is 7.59. The molecule has 6 rings (SSSR count). The second-order valence-electron chi connectivity index (χ2n) is 12.0. The highest BCUT2D eigenvalue weighted by Crippen LogP contribution is 2.45. The summed E-state index contributed by atoms with van der Waals surface area (Å²) in [5.74, 6) is -2.45. The molecule has 3 amide bonds. The predicted octanol–water partition coefficient (Wildman–Crippen LogP) is 2.15. The Kier molecular flexibility index (Phi) is 7.49. The Hall–Kier alpha value is -3.88. The highest BCUT2D eigenvalue weighted by molar-refractivity contribution is 7.91. The number of nitrogens with one attached hydrogen (secondary N) is 2. The molecule has 0 radical (unpaired) electrons. The van der Waals surface area contributed by atoms with E-state index in [4.69, 9.17) is 14.7 Å². The van der Waals surface area contributed by atoms with E-state index in [1.165, 1.54) is 36.2 Å². The van der Waals surface area contributed by atoms with Gasteiger partial charge in [-0.05, 0) is 56.7 Å². The summed E-state index contributed by atoms with van der Waals surface area (Å²) in [5.41, 5.74) is -1.50. The molecular weight excluding hydrogens is 606 g/mol. The van der Waals surface area contributed by atoms with E-state index in [1.54, 1.807) is 0 Å². The molecule has 232 valence electrons. The molecule has 1 aromatic carbocycles. The standard InChI is InChI=1S/C30H33N5O7S2/c1-4-17-15-30(17,27(37)34-44(40,41)19-11-12-19)33-25(36)22-14-18(16-35(22)28(38)29(2,3)39)42-26-24(23-10-7-13-43-23)31-20-8-5-6-9-21(20)32-26/h4-10,13,17-19,22,39H,1,11-12,14-16H2,2-3H3,(H,33,36)(H,34,37)/t17-,18-,22+,30-/m1/s1. The minimum Gasteiger partial charge on any atom is -0.471 e. The SMILES string of the molecule is C=C[C@@H]1C[C@]1(NC(=O)[C@@H]1C[C@@H](Oc2nc3ccccc3nc2-c2cccs2)CN1C(=O)C(C)(C)O)C(=O)NS(=O)(=O)C1CC1. The third kappa shape index (κ3) is 5.69. The topological polar surface area (TPSA) is 168 Å². The van der Waals surface area contributed by atoms with Crippen molar-refractivity contribution in [2.24, 2.45) is 5.92 Å². The van der Waals surface area contributed by atoms with Crippen molar-refractivity contribution in [3.63, 3.8) is 0 Å². The van der Waals surface area contributed by atoms with Gasteiger partial charge in [0, 0.05) is 12.3 Å². The molecule has 4 atom stereocenters. The number of aromatic nitrogens is 2. The van der Waals surface area contributed by atoms with E-state index in [0.29, 0.717) is 29.6 Å². The van der Waals surface area contributed by atoms with Gasteiger partial charge in [0.1, 0.15) is 29.0 Å². The zero-order valence-electron chi connectivity index (χ0n) is 24.2. The van der Waals surface area contributed by atoms with Gasteiger partial charge in [-0.1, -0.05) is 24.3 Å². The van der Waals surface area contributed by atoms with Crippen LogP contribution >= 0.6 is 11.3 Å². The van der Waals surface area contributed by atoms with Crippen LogP contribution in [0, 0.1) is 5.92 Å². The number of carbonyl (C=O) groups excluding carboxylic acids is 3. The predicted molar refractivity (Wildman–Crippen MR) is 163 cm³/mol. The molecule has 2 aromatic heterocycles. The second-order valence-corrected chi connectivity index (χ2v) is 14.9. The fourth-order valence-electron chi connectivity index (χ4n) is 5.52. The number of sulfonamides is 1. The molecule has 2 saturated carbocycles. The zero-order valence-corrected chi connectivity index (χ0v) is 25.9. The maximum atomic E-state index is 13.8. The van der Waals surface area contributed by atoms with Crippen molar-refractivity contribution < 1.29 is 32.6 Å². The number of nitrogens with zero attached hydrogens (tertiary/aromatic N) is 3. The second kappa shape index (κ2) is 10.9. The number of hydrogen-bond donors (Lipinski definition) is 3. The molecule has 1 saturated heterocycles. The van der Waals surface area contributed by atoms with Crippen LogP contribution in [0.25, 0.3) is 21.6 Å². The quantitative estimate of drug-likeness (QED) is 0.282. The zero-order chi connectivity index (χ0) is 31.4. The Morgan fingerprint density at radius 1 is 1.16 bits per heavy atom. The van der Waals surface area contributed by atoms with Crippen LogP contribution in [0.1, 0.15) is 39.5 Å². The molecule has 3 aliphatic rings. The maximum Gasteiger partial charge on any atom is 0.259 e. The summed E-state index contributed by atoms with van der Waals surface area (Å²) >= 11 is 1.47. The number of rotatable bonds is 10. The Morgan fingerprint density at radius 2 is 1.86 bits per heavy atom. The summed E-state index contributed by atoms with van der Waals surface area (Å²) in [6, 6.07) is 10.0. The number of para-hydroxylation sites is 2. The van der Waals surface area contributed by atoms with E-state index < -0.39 is 62.2 Å². The summed E-state index contributed by atoms with van der Waals surface area (Å²) in [6.45, 7) is 6.34. The largest absolute Gasteiger partial charge is 0.471 e. The highest BCUT2D eigenvalue weighted by atomic mass is 32.2. The third-order valence-corrected chi connectivity index (χ3v) is 10.9. The van der Waals surface area contributed by atoms with Gasteiger partial charge in [-0.2, -0.15) is 0 Å². The van der Waals surface area contributed by atoms with Gasteiger partial charge in [0.05, 0.1) is 27.7 Å². The van der Waals surface area contributed by atoms with Gasteiger partial charge in [0.25, 0.3) is 11.8 Å². The van der Waals surface area contributed by atoms with Crippen molar-refractivity contribution in [1.82, 2.24) is 24.9 Å². The van der Waals surface area contributed by atoms with Crippen molar-refractivity contribution in [3.8, 4) is 16.5 Å². The Balaban J connectivity index is 1.27. The minimum atomic E-state index is -3.86. The lowest BCUT2D eigenvalue weighted by Gasteiger charge is -2.30. The van der Waals surface area contributed by atoms with E-state index in [1.807, 2.05) is 41.8 Å². The van der Waals surface area contributed by atoms with Crippen molar-refractivity contribution in [1.29, 1.82) is 0 Å². The van der Waals surface area contributed by atoms with Crippen molar-refractivity contribution >= 4 is 50.1 Å². The molecule has 3 N–H and O–H groups in total. The van der Waals surface area contributed by atoms with E-state index in [9.17, 15) is 27.9 Å². The Bertz CT molecular complexity index is 1750. The molecule has 3 fully saturated rings. The van der Waals surface area contributed by atoms with Crippen LogP contribution in [0.3, 0.4) is 0 Å². The maximum absolute atomic E-state index is 13.8. The summed E-state index contributed by atoms with van der Waals surface area (Å²) in [7, 11) is -3.86. The number of fused-ring (bicyclic) bond motifs is 1. The van der Waals surface area contributed by atoms with Crippen molar-refractivity contribution in [3.05, 3.63) is 54.4 Å². The van der Waals surface area contributed by atoms with Gasteiger partial charge < -0.3 is 20.1 Å².